The minimum atomic E-state index is -0.226. The summed E-state index contributed by atoms with van der Waals surface area (Å²) in [6.07, 6.45) is 4.10. The fraction of sp³-hybridized carbons (Fsp3) is 0.533. The zero-order valence-electron chi connectivity index (χ0n) is 11.3. The van der Waals surface area contributed by atoms with Gasteiger partial charge in [-0.1, -0.05) is 13.0 Å². The zero-order chi connectivity index (χ0) is 13.4. The second-order valence-corrected chi connectivity index (χ2v) is 5.50. The molecule has 1 aliphatic rings. The summed E-state index contributed by atoms with van der Waals surface area (Å²) in [5, 5.41) is 0. The third-order valence-electron chi connectivity index (χ3n) is 4.04. The molecule has 3 rings (SSSR count). The second kappa shape index (κ2) is 4.93. The van der Waals surface area contributed by atoms with Crippen molar-refractivity contribution in [3.63, 3.8) is 0 Å². The van der Waals surface area contributed by atoms with E-state index in [4.69, 9.17) is 5.73 Å². The number of nitrogens with zero attached hydrogens (tertiary/aromatic N) is 2. The van der Waals surface area contributed by atoms with Gasteiger partial charge in [0.05, 0.1) is 5.52 Å². The van der Waals surface area contributed by atoms with Crippen molar-refractivity contribution in [1.29, 1.82) is 0 Å². The quantitative estimate of drug-likeness (QED) is 0.922. The number of aryl methyl sites for hydroxylation is 1. The van der Waals surface area contributed by atoms with Crippen LogP contribution >= 0.6 is 0 Å². The van der Waals surface area contributed by atoms with Gasteiger partial charge in [0.1, 0.15) is 11.3 Å². The first kappa shape index (κ1) is 12.6. The Hall–Kier alpha value is -1.42. The summed E-state index contributed by atoms with van der Waals surface area (Å²) in [6, 6.07) is 5.47. The molecule has 2 atom stereocenters. The molecular formula is C15H20FN3. The lowest BCUT2D eigenvalue weighted by Crippen LogP contribution is -2.15. The maximum atomic E-state index is 13.9. The SMILES string of the molecule is CCCn1c(C2CCC(N)C2)nc2c(F)cccc21. The molecule has 2 unspecified atom stereocenters. The van der Waals surface area contributed by atoms with Crippen LogP contribution in [0.2, 0.25) is 0 Å². The van der Waals surface area contributed by atoms with Crippen LogP contribution in [0, 0.1) is 5.82 Å². The van der Waals surface area contributed by atoms with Crippen LogP contribution in [0.25, 0.3) is 11.0 Å². The standard InChI is InChI=1S/C15H20FN3/c1-2-8-19-13-5-3-4-12(16)14(13)18-15(19)10-6-7-11(17)9-10/h3-5,10-11H,2,6-9,17H2,1H3. The largest absolute Gasteiger partial charge is 0.328 e. The first-order valence-corrected chi connectivity index (χ1v) is 7.11. The molecule has 1 fully saturated rings. The number of nitrogens with two attached hydrogens (primary N) is 1. The molecule has 0 spiro atoms. The van der Waals surface area contributed by atoms with Crippen molar-refractivity contribution in [2.24, 2.45) is 5.73 Å². The highest BCUT2D eigenvalue weighted by Crippen LogP contribution is 2.35. The van der Waals surface area contributed by atoms with Gasteiger partial charge in [0.15, 0.2) is 5.82 Å². The van der Waals surface area contributed by atoms with Crippen LogP contribution in [0.3, 0.4) is 0 Å². The van der Waals surface area contributed by atoms with Gasteiger partial charge in [-0.3, -0.25) is 0 Å². The summed E-state index contributed by atoms with van der Waals surface area (Å²) >= 11 is 0. The van der Waals surface area contributed by atoms with E-state index in [0.717, 1.165) is 43.6 Å². The number of fused-ring (bicyclic) bond motifs is 1. The summed E-state index contributed by atoms with van der Waals surface area (Å²) in [5.74, 6) is 1.18. The molecule has 1 heterocycles. The van der Waals surface area contributed by atoms with Crippen molar-refractivity contribution in [2.45, 2.75) is 51.1 Å². The van der Waals surface area contributed by atoms with Gasteiger partial charge in [0, 0.05) is 18.5 Å². The lowest BCUT2D eigenvalue weighted by Gasteiger charge is -2.12. The summed E-state index contributed by atoms with van der Waals surface area (Å²) in [6.45, 7) is 3.02. The molecule has 0 amide bonds. The molecule has 2 N–H and O–H groups in total. The van der Waals surface area contributed by atoms with Crippen LogP contribution in [0.4, 0.5) is 4.39 Å². The van der Waals surface area contributed by atoms with Crippen LogP contribution < -0.4 is 5.73 Å². The van der Waals surface area contributed by atoms with Crippen LogP contribution in [0.15, 0.2) is 18.2 Å². The third-order valence-corrected chi connectivity index (χ3v) is 4.04. The molecule has 102 valence electrons. The van der Waals surface area contributed by atoms with Crippen molar-refractivity contribution < 1.29 is 4.39 Å². The highest BCUT2D eigenvalue weighted by molar-refractivity contribution is 5.76. The molecule has 2 aromatic rings. The van der Waals surface area contributed by atoms with Crippen LogP contribution in [-0.4, -0.2) is 15.6 Å². The number of rotatable bonds is 3. The Morgan fingerprint density at radius 3 is 2.95 bits per heavy atom. The topological polar surface area (TPSA) is 43.8 Å². The fourth-order valence-electron chi connectivity index (χ4n) is 3.15. The second-order valence-electron chi connectivity index (χ2n) is 5.50. The van der Waals surface area contributed by atoms with E-state index in [2.05, 4.69) is 16.5 Å². The Bertz CT molecular complexity index is 590. The Morgan fingerprint density at radius 1 is 1.42 bits per heavy atom. The summed E-state index contributed by atoms with van der Waals surface area (Å²) in [7, 11) is 0. The molecule has 0 bridgehead atoms. The van der Waals surface area contributed by atoms with E-state index in [1.807, 2.05) is 6.07 Å². The van der Waals surface area contributed by atoms with Gasteiger partial charge in [-0.05, 0) is 37.8 Å². The number of hydrogen-bond donors (Lipinski definition) is 1. The third kappa shape index (κ3) is 2.14. The van der Waals surface area contributed by atoms with Gasteiger partial charge in [-0.2, -0.15) is 0 Å². The minimum Gasteiger partial charge on any atom is -0.328 e. The lowest BCUT2D eigenvalue weighted by atomic mass is 10.1. The van der Waals surface area contributed by atoms with Crippen molar-refractivity contribution in [1.82, 2.24) is 9.55 Å². The summed E-state index contributed by atoms with van der Waals surface area (Å²) in [5.41, 5.74) is 7.42. The summed E-state index contributed by atoms with van der Waals surface area (Å²) in [4.78, 5) is 4.58. The highest BCUT2D eigenvalue weighted by atomic mass is 19.1. The van der Waals surface area contributed by atoms with Crippen molar-refractivity contribution >= 4 is 11.0 Å². The van der Waals surface area contributed by atoms with Gasteiger partial charge in [0.2, 0.25) is 0 Å². The average molecular weight is 261 g/mol. The predicted octanol–water partition coefficient (Wildman–Crippen LogP) is 3.18. The first-order chi connectivity index (χ1) is 9.20. The Kier molecular flexibility index (Phi) is 3.27. The molecule has 3 nitrogen and oxygen atoms in total. The van der Waals surface area contributed by atoms with Gasteiger partial charge >= 0.3 is 0 Å². The van der Waals surface area contributed by atoms with Gasteiger partial charge in [-0.15, -0.1) is 0 Å². The number of benzene rings is 1. The molecule has 1 aromatic heterocycles. The van der Waals surface area contributed by atoms with Crippen molar-refractivity contribution in [2.75, 3.05) is 0 Å². The average Bonchev–Trinajstić information content (AvgIpc) is 2.96. The van der Waals surface area contributed by atoms with E-state index in [1.165, 1.54) is 6.07 Å². The molecule has 4 heteroatoms. The molecule has 1 aliphatic carbocycles. The Morgan fingerprint density at radius 2 is 2.26 bits per heavy atom. The number of imidazole rings is 1. The van der Waals surface area contributed by atoms with E-state index < -0.39 is 0 Å². The van der Waals surface area contributed by atoms with Crippen LogP contribution in [-0.2, 0) is 6.54 Å². The van der Waals surface area contributed by atoms with E-state index in [-0.39, 0.29) is 11.9 Å². The normalized spacial score (nSPS) is 23.3. The van der Waals surface area contributed by atoms with Gasteiger partial charge in [-0.25, -0.2) is 9.37 Å². The molecule has 0 saturated heterocycles. The monoisotopic (exact) mass is 261 g/mol. The van der Waals surface area contributed by atoms with Crippen molar-refractivity contribution in [3.8, 4) is 0 Å². The van der Waals surface area contributed by atoms with Crippen molar-refractivity contribution in [3.05, 3.63) is 29.8 Å². The number of hydrogen-bond acceptors (Lipinski definition) is 2. The molecule has 1 aromatic carbocycles. The predicted molar refractivity (Wildman–Crippen MR) is 74.5 cm³/mol. The first-order valence-electron chi connectivity index (χ1n) is 7.11. The number of aromatic nitrogens is 2. The molecule has 0 radical (unpaired) electrons. The van der Waals surface area contributed by atoms with E-state index in [1.54, 1.807) is 6.07 Å². The number of halogens is 1. The Balaban J connectivity index is 2.12. The maximum Gasteiger partial charge on any atom is 0.151 e. The molecule has 0 aliphatic heterocycles. The van der Waals surface area contributed by atoms with Gasteiger partial charge < -0.3 is 10.3 Å². The molecular weight excluding hydrogens is 241 g/mol. The molecule has 19 heavy (non-hydrogen) atoms. The zero-order valence-corrected chi connectivity index (χ0v) is 11.3. The Labute approximate surface area is 112 Å². The fourth-order valence-corrected chi connectivity index (χ4v) is 3.15. The maximum absolute atomic E-state index is 13.9. The van der Waals surface area contributed by atoms with Crippen LogP contribution in [0.5, 0.6) is 0 Å². The summed E-state index contributed by atoms with van der Waals surface area (Å²) < 4.78 is 16.1. The van der Waals surface area contributed by atoms with Gasteiger partial charge in [0.25, 0.3) is 0 Å². The lowest BCUT2D eigenvalue weighted by molar-refractivity contribution is 0.577. The minimum absolute atomic E-state index is 0.226. The van der Waals surface area contributed by atoms with E-state index in [0.29, 0.717) is 11.4 Å². The highest BCUT2D eigenvalue weighted by Gasteiger charge is 2.28. The van der Waals surface area contributed by atoms with Crippen LogP contribution in [0.1, 0.15) is 44.3 Å². The smallest absolute Gasteiger partial charge is 0.151 e. The van der Waals surface area contributed by atoms with E-state index >= 15 is 0 Å². The molecule has 1 saturated carbocycles. The number of para-hydroxylation sites is 1. The van der Waals surface area contributed by atoms with E-state index in [9.17, 15) is 4.39 Å².